The van der Waals surface area contributed by atoms with Crippen LogP contribution in [0.1, 0.15) is 30.4 Å². The highest BCUT2D eigenvalue weighted by atomic mass is 14.9. The van der Waals surface area contributed by atoms with Gasteiger partial charge < -0.3 is 5.32 Å². The van der Waals surface area contributed by atoms with Gasteiger partial charge in [-0.05, 0) is 59.8 Å². The molecule has 19 heavy (non-hydrogen) atoms. The zero-order valence-corrected chi connectivity index (χ0v) is 11.2. The van der Waals surface area contributed by atoms with E-state index < -0.39 is 0 Å². The number of fused-ring (bicyclic) bond motifs is 1. The summed E-state index contributed by atoms with van der Waals surface area (Å²) in [6.45, 7) is 4.32. The van der Waals surface area contributed by atoms with E-state index in [1.165, 1.54) is 22.8 Å². The Bertz CT molecular complexity index is 639. The molecule has 3 rings (SSSR count). The fourth-order valence-electron chi connectivity index (χ4n) is 2.89. The van der Waals surface area contributed by atoms with Crippen molar-refractivity contribution in [2.24, 2.45) is 5.92 Å². The molecule has 96 valence electrons. The Morgan fingerprint density at radius 2 is 2.21 bits per heavy atom. The smallest absolute Gasteiger partial charge is 0.0991 e. The van der Waals surface area contributed by atoms with Crippen molar-refractivity contribution < 1.29 is 0 Å². The van der Waals surface area contributed by atoms with E-state index in [2.05, 4.69) is 42.6 Å². The van der Waals surface area contributed by atoms with Crippen molar-refractivity contribution in [3.05, 3.63) is 47.5 Å². The number of hydrogen-bond donors (Lipinski definition) is 1. The molecule has 0 heterocycles. The molecule has 2 atom stereocenters. The van der Waals surface area contributed by atoms with E-state index in [1.807, 2.05) is 12.1 Å². The second-order valence-corrected chi connectivity index (χ2v) is 5.30. The molecule has 1 N–H and O–H groups in total. The molecule has 2 nitrogen and oxygen atoms in total. The van der Waals surface area contributed by atoms with Gasteiger partial charge >= 0.3 is 0 Å². The second kappa shape index (κ2) is 5.03. The van der Waals surface area contributed by atoms with Gasteiger partial charge in [-0.3, -0.25) is 0 Å². The largest absolute Gasteiger partial charge is 0.317 e. The highest BCUT2D eigenvalue weighted by Crippen LogP contribution is 2.49. The maximum absolute atomic E-state index is 8.97. The minimum atomic E-state index is 0.690. The topological polar surface area (TPSA) is 35.8 Å². The normalized spacial score (nSPS) is 21.3. The standard InChI is InChI=1S/C17H18N2/c1-2-19-11-14-9-17(14)16-5-3-4-13-8-12(10-18)6-7-15(13)16/h3-8,14,17,19H,2,9,11H2,1H3. The zero-order chi connectivity index (χ0) is 13.2. The van der Waals surface area contributed by atoms with Crippen molar-refractivity contribution in [2.75, 3.05) is 13.1 Å². The van der Waals surface area contributed by atoms with Crippen LogP contribution < -0.4 is 5.32 Å². The summed E-state index contributed by atoms with van der Waals surface area (Å²) in [5.41, 5.74) is 2.19. The van der Waals surface area contributed by atoms with E-state index in [1.54, 1.807) is 0 Å². The van der Waals surface area contributed by atoms with E-state index >= 15 is 0 Å². The number of nitrogens with one attached hydrogen (secondary N) is 1. The fourth-order valence-corrected chi connectivity index (χ4v) is 2.89. The molecular formula is C17H18N2. The first-order chi connectivity index (χ1) is 9.33. The number of nitrogens with zero attached hydrogens (tertiary/aromatic N) is 1. The minimum absolute atomic E-state index is 0.690. The molecule has 1 saturated carbocycles. The van der Waals surface area contributed by atoms with E-state index in [9.17, 15) is 0 Å². The molecule has 0 amide bonds. The highest BCUT2D eigenvalue weighted by molar-refractivity contribution is 5.87. The number of benzene rings is 2. The summed E-state index contributed by atoms with van der Waals surface area (Å²) in [4.78, 5) is 0. The lowest BCUT2D eigenvalue weighted by Gasteiger charge is -2.07. The lowest BCUT2D eigenvalue weighted by atomic mass is 9.98. The lowest BCUT2D eigenvalue weighted by Crippen LogP contribution is -2.16. The fraction of sp³-hybridized carbons (Fsp3) is 0.353. The van der Waals surface area contributed by atoms with E-state index in [4.69, 9.17) is 5.26 Å². The molecule has 2 unspecified atom stereocenters. The first kappa shape index (κ1) is 12.2. The average Bonchev–Trinajstić information content (AvgIpc) is 3.23. The summed E-state index contributed by atoms with van der Waals surface area (Å²) in [5.74, 6) is 1.47. The van der Waals surface area contributed by atoms with Crippen molar-refractivity contribution in [3.63, 3.8) is 0 Å². The van der Waals surface area contributed by atoms with Gasteiger partial charge in [-0.25, -0.2) is 0 Å². The third kappa shape index (κ3) is 2.34. The third-order valence-electron chi connectivity index (χ3n) is 4.02. The lowest BCUT2D eigenvalue weighted by molar-refractivity contribution is 0.650. The van der Waals surface area contributed by atoms with Crippen LogP contribution in [-0.2, 0) is 0 Å². The van der Waals surface area contributed by atoms with Crippen LogP contribution in [-0.4, -0.2) is 13.1 Å². The van der Waals surface area contributed by atoms with Gasteiger partial charge in [0.2, 0.25) is 0 Å². The Kier molecular flexibility index (Phi) is 3.23. The van der Waals surface area contributed by atoms with Crippen LogP contribution in [0.3, 0.4) is 0 Å². The molecule has 2 aromatic carbocycles. The van der Waals surface area contributed by atoms with Gasteiger partial charge in [-0.15, -0.1) is 0 Å². The van der Waals surface area contributed by atoms with Gasteiger partial charge in [-0.2, -0.15) is 5.26 Å². The van der Waals surface area contributed by atoms with Crippen LogP contribution >= 0.6 is 0 Å². The van der Waals surface area contributed by atoms with Gasteiger partial charge in [-0.1, -0.05) is 31.2 Å². The Labute approximate surface area is 114 Å². The van der Waals surface area contributed by atoms with Crippen molar-refractivity contribution in [3.8, 4) is 6.07 Å². The van der Waals surface area contributed by atoms with Crippen LogP contribution in [0.4, 0.5) is 0 Å². The second-order valence-electron chi connectivity index (χ2n) is 5.30. The monoisotopic (exact) mass is 250 g/mol. The molecule has 0 spiro atoms. The predicted molar refractivity (Wildman–Crippen MR) is 78.1 cm³/mol. The van der Waals surface area contributed by atoms with Crippen LogP contribution in [0.5, 0.6) is 0 Å². The summed E-state index contributed by atoms with van der Waals surface area (Å²) in [6.07, 6.45) is 1.28. The van der Waals surface area contributed by atoms with Gasteiger partial charge in [0.15, 0.2) is 0 Å². The van der Waals surface area contributed by atoms with Gasteiger partial charge in [0.25, 0.3) is 0 Å². The third-order valence-corrected chi connectivity index (χ3v) is 4.02. The molecule has 2 heteroatoms. The maximum atomic E-state index is 8.97. The van der Waals surface area contributed by atoms with E-state index in [0.29, 0.717) is 5.92 Å². The molecule has 0 aliphatic heterocycles. The predicted octanol–water partition coefficient (Wildman–Crippen LogP) is 3.42. The number of hydrogen-bond acceptors (Lipinski definition) is 2. The van der Waals surface area contributed by atoms with Crippen molar-refractivity contribution in [1.29, 1.82) is 5.26 Å². The zero-order valence-electron chi connectivity index (χ0n) is 11.2. The average molecular weight is 250 g/mol. The van der Waals surface area contributed by atoms with E-state index in [-0.39, 0.29) is 0 Å². The molecule has 0 bridgehead atoms. The molecule has 0 radical (unpaired) electrons. The highest BCUT2D eigenvalue weighted by Gasteiger charge is 2.38. The maximum Gasteiger partial charge on any atom is 0.0991 e. The first-order valence-corrected chi connectivity index (χ1v) is 6.97. The Morgan fingerprint density at radius 3 is 3.00 bits per heavy atom. The van der Waals surface area contributed by atoms with Crippen LogP contribution in [0.15, 0.2) is 36.4 Å². The number of nitriles is 1. The van der Waals surface area contributed by atoms with E-state index in [0.717, 1.165) is 24.6 Å². The van der Waals surface area contributed by atoms with Crippen molar-refractivity contribution in [2.45, 2.75) is 19.3 Å². The Balaban J connectivity index is 1.91. The van der Waals surface area contributed by atoms with Gasteiger partial charge in [0.05, 0.1) is 11.6 Å². The van der Waals surface area contributed by atoms with Gasteiger partial charge in [0.1, 0.15) is 0 Å². The first-order valence-electron chi connectivity index (χ1n) is 6.97. The molecule has 2 aromatic rings. The quantitative estimate of drug-likeness (QED) is 0.902. The Hall–Kier alpha value is -1.85. The molecule has 0 saturated heterocycles. The van der Waals surface area contributed by atoms with Gasteiger partial charge in [0, 0.05) is 0 Å². The summed E-state index contributed by atoms with van der Waals surface area (Å²) >= 11 is 0. The summed E-state index contributed by atoms with van der Waals surface area (Å²) in [6, 6.07) is 14.7. The molecule has 1 fully saturated rings. The summed E-state index contributed by atoms with van der Waals surface area (Å²) in [7, 11) is 0. The molecular weight excluding hydrogens is 232 g/mol. The summed E-state index contributed by atoms with van der Waals surface area (Å²) in [5, 5.41) is 14.9. The van der Waals surface area contributed by atoms with Crippen molar-refractivity contribution in [1.82, 2.24) is 5.32 Å². The number of rotatable bonds is 4. The van der Waals surface area contributed by atoms with Crippen molar-refractivity contribution >= 4 is 10.8 Å². The van der Waals surface area contributed by atoms with Crippen LogP contribution in [0.2, 0.25) is 0 Å². The molecule has 1 aliphatic carbocycles. The SMILES string of the molecule is CCNCC1CC1c1cccc2cc(C#N)ccc12. The van der Waals surface area contributed by atoms with Crippen LogP contribution in [0, 0.1) is 17.2 Å². The minimum Gasteiger partial charge on any atom is -0.317 e. The Morgan fingerprint density at radius 1 is 1.32 bits per heavy atom. The summed E-state index contributed by atoms with van der Waals surface area (Å²) < 4.78 is 0. The molecule has 0 aromatic heterocycles. The molecule has 1 aliphatic rings. The van der Waals surface area contributed by atoms with Crippen LogP contribution in [0.25, 0.3) is 10.8 Å².